The fourth-order valence-electron chi connectivity index (χ4n) is 3.43. The van der Waals surface area contributed by atoms with Gasteiger partial charge in [-0.3, -0.25) is 0 Å². The van der Waals surface area contributed by atoms with Crippen molar-refractivity contribution in [2.24, 2.45) is 0 Å². The number of rotatable bonds is 3. The molecule has 1 unspecified atom stereocenters. The lowest BCUT2D eigenvalue weighted by molar-refractivity contribution is 0.0984. The Morgan fingerprint density at radius 3 is 2.79 bits per heavy atom. The first-order valence-corrected chi connectivity index (χ1v) is 10.6. The van der Waals surface area contributed by atoms with Crippen molar-refractivity contribution in [2.45, 2.75) is 30.6 Å². The van der Waals surface area contributed by atoms with Gasteiger partial charge in [0.15, 0.2) is 15.5 Å². The van der Waals surface area contributed by atoms with Crippen LogP contribution in [0.1, 0.15) is 25.3 Å². The maximum absolute atomic E-state index is 12.4. The molecular formula is C15H19BrN4O3S. The predicted molar refractivity (Wildman–Crippen MR) is 94.1 cm³/mol. The maximum atomic E-state index is 12.4. The van der Waals surface area contributed by atoms with E-state index in [4.69, 9.17) is 4.74 Å². The standard InChI is InChI=1S/C15H19BrN4O3S/c1-10-9-23-6-5-19(10)13-7-11(15(3-4-15)24(2,21)22)14-17-8-12(16)20(14)18-13/h7-8,10H,3-6,9H2,1-2H3. The number of imidazole rings is 1. The minimum absolute atomic E-state index is 0.187. The molecule has 24 heavy (non-hydrogen) atoms. The van der Waals surface area contributed by atoms with Gasteiger partial charge in [-0.25, -0.2) is 17.9 Å². The van der Waals surface area contributed by atoms with Crippen molar-refractivity contribution in [3.63, 3.8) is 0 Å². The molecule has 4 rings (SSSR count). The molecule has 0 bridgehead atoms. The zero-order valence-electron chi connectivity index (χ0n) is 13.6. The van der Waals surface area contributed by atoms with Crippen LogP contribution in [-0.4, -0.2) is 55.1 Å². The summed E-state index contributed by atoms with van der Waals surface area (Å²) < 4.78 is 31.9. The highest BCUT2D eigenvalue weighted by molar-refractivity contribution is 9.10. The van der Waals surface area contributed by atoms with Crippen LogP contribution in [0.2, 0.25) is 0 Å². The fourth-order valence-corrected chi connectivity index (χ4v) is 5.17. The van der Waals surface area contributed by atoms with E-state index in [1.807, 2.05) is 6.07 Å². The molecule has 9 heteroatoms. The topological polar surface area (TPSA) is 76.8 Å². The van der Waals surface area contributed by atoms with E-state index in [9.17, 15) is 8.42 Å². The van der Waals surface area contributed by atoms with Crippen LogP contribution >= 0.6 is 15.9 Å². The van der Waals surface area contributed by atoms with Gasteiger partial charge in [-0.1, -0.05) is 0 Å². The molecule has 130 valence electrons. The van der Waals surface area contributed by atoms with E-state index < -0.39 is 14.6 Å². The smallest absolute Gasteiger partial charge is 0.159 e. The lowest BCUT2D eigenvalue weighted by Gasteiger charge is -2.34. The first-order chi connectivity index (χ1) is 11.3. The van der Waals surface area contributed by atoms with Crippen LogP contribution in [0.25, 0.3) is 5.65 Å². The molecule has 1 aliphatic heterocycles. The molecule has 7 nitrogen and oxygen atoms in total. The third kappa shape index (κ3) is 2.36. The molecule has 0 spiro atoms. The molecule has 2 aliphatic rings. The summed E-state index contributed by atoms with van der Waals surface area (Å²) >= 11 is 3.46. The second-order valence-electron chi connectivity index (χ2n) is 6.62. The minimum atomic E-state index is -3.23. The fraction of sp³-hybridized carbons (Fsp3) is 0.600. The molecule has 2 aromatic heterocycles. The van der Waals surface area contributed by atoms with Crippen molar-refractivity contribution < 1.29 is 13.2 Å². The second-order valence-corrected chi connectivity index (χ2v) is 9.75. The Morgan fingerprint density at radius 1 is 1.42 bits per heavy atom. The van der Waals surface area contributed by atoms with Crippen LogP contribution in [0.4, 0.5) is 5.82 Å². The SMILES string of the molecule is CC1COCCN1c1cc(C2(S(C)(=O)=O)CC2)c2ncc(Br)n2n1. The van der Waals surface area contributed by atoms with Crippen LogP contribution in [0.3, 0.4) is 0 Å². The molecule has 3 heterocycles. The summed E-state index contributed by atoms with van der Waals surface area (Å²) in [6.45, 7) is 4.09. The van der Waals surface area contributed by atoms with Crippen molar-refractivity contribution >= 4 is 37.2 Å². The minimum Gasteiger partial charge on any atom is -0.377 e. The molecule has 1 saturated heterocycles. The number of anilines is 1. The number of nitrogens with zero attached hydrogens (tertiary/aromatic N) is 4. The van der Waals surface area contributed by atoms with E-state index in [1.54, 1.807) is 10.7 Å². The molecule has 1 atom stereocenters. The third-order valence-corrected chi connectivity index (χ3v) is 7.57. The van der Waals surface area contributed by atoms with Gasteiger partial charge in [0.25, 0.3) is 0 Å². The number of aromatic nitrogens is 3. The highest BCUT2D eigenvalue weighted by Crippen LogP contribution is 2.54. The third-order valence-electron chi connectivity index (χ3n) is 4.98. The van der Waals surface area contributed by atoms with Gasteiger partial charge >= 0.3 is 0 Å². The van der Waals surface area contributed by atoms with Crippen molar-refractivity contribution in [3.05, 3.63) is 22.4 Å². The molecule has 0 radical (unpaired) electrons. The van der Waals surface area contributed by atoms with Gasteiger partial charge in [0.05, 0.1) is 25.5 Å². The molecule has 0 N–H and O–H groups in total. The Kier molecular flexibility index (Phi) is 3.67. The zero-order valence-corrected chi connectivity index (χ0v) is 16.0. The number of fused-ring (bicyclic) bond motifs is 1. The summed E-state index contributed by atoms with van der Waals surface area (Å²) in [5.41, 5.74) is 1.36. The summed E-state index contributed by atoms with van der Waals surface area (Å²) in [6, 6.07) is 2.09. The summed E-state index contributed by atoms with van der Waals surface area (Å²) in [7, 11) is -3.23. The predicted octanol–water partition coefficient (Wildman–Crippen LogP) is 1.75. The summed E-state index contributed by atoms with van der Waals surface area (Å²) in [5, 5.41) is 4.68. The molecule has 0 amide bonds. The van der Waals surface area contributed by atoms with E-state index in [-0.39, 0.29) is 6.04 Å². The van der Waals surface area contributed by atoms with Crippen LogP contribution in [0.15, 0.2) is 16.9 Å². The number of morpholine rings is 1. The summed E-state index contributed by atoms with van der Waals surface area (Å²) in [6.07, 6.45) is 4.24. The first-order valence-electron chi connectivity index (χ1n) is 7.92. The second kappa shape index (κ2) is 5.40. The van der Waals surface area contributed by atoms with E-state index >= 15 is 0 Å². The summed E-state index contributed by atoms with van der Waals surface area (Å²) in [5.74, 6) is 0.766. The van der Waals surface area contributed by atoms with Gasteiger partial charge in [0, 0.05) is 18.4 Å². The van der Waals surface area contributed by atoms with E-state index in [1.165, 1.54) is 6.26 Å². The van der Waals surface area contributed by atoms with Gasteiger partial charge < -0.3 is 9.64 Å². The molecular weight excluding hydrogens is 396 g/mol. The Hall–Kier alpha value is -1.19. The Balaban J connectivity index is 1.93. The van der Waals surface area contributed by atoms with E-state index in [2.05, 4.69) is 37.8 Å². The Morgan fingerprint density at radius 2 is 2.17 bits per heavy atom. The summed E-state index contributed by atoms with van der Waals surface area (Å²) in [4.78, 5) is 6.55. The highest BCUT2D eigenvalue weighted by atomic mass is 79.9. The van der Waals surface area contributed by atoms with Crippen LogP contribution in [-0.2, 0) is 19.3 Å². The lowest BCUT2D eigenvalue weighted by atomic mass is 10.1. The average molecular weight is 415 g/mol. The largest absolute Gasteiger partial charge is 0.377 e. The Labute approximate surface area is 149 Å². The molecule has 2 aromatic rings. The van der Waals surface area contributed by atoms with Crippen LogP contribution in [0, 0.1) is 0 Å². The van der Waals surface area contributed by atoms with Crippen molar-refractivity contribution in [1.82, 2.24) is 14.6 Å². The molecule has 1 saturated carbocycles. The van der Waals surface area contributed by atoms with Gasteiger partial charge in [0.1, 0.15) is 15.2 Å². The van der Waals surface area contributed by atoms with Crippen LogP contribution < -0.4 is 4.90 Å². The van der Waals surface area contributed by atoms with E-state index in [0.717, 1.165) is 17.9 Å². The van der Waals surface area contributed by atoms with Crippen molar-refractivity contribution in [3.8, 4) is 0 Å². The molecule has 2 fully saturated rings. The van der Waals surface area contributed by atoms with Gasteiger partial charge in [-0.05, 0) is 41.8 Å². The highest BCUT2D eigenvalue weighted by Gasteiger charge is 2.55. The van der Waals surface area contributed by atoms with Crippen molar-refractivity contribution in [1.29, 1.82) is 0 Å². The monoisotopic (exact) mass is 414 g/mol. The number of hydrogen-bond acceptors (Lipinski definition) is 6. The Bertz CT molecular complexity index is 907. The normalized spacial score (nSPS) is 23.6. The number of hydrogen-bond donors (Lipinski definition) is 0. The average Bonchev–Trinajstić information content (AvgIpc) is 3.27. The number of halogens is 1. The lowest BCUT2D eigenvalue weighted by Crippen LogP contribution is -2.44. The zero-order chi connectivity index (χ0) is 17.1. The van der Waals surface area contributed by atoms with Crippen molar-refractivity contribution in [2.75, 3.05) is 30.9 Å². The maximum Gasteiger partial charge on any atom is 0.159 e. The number of sulfone groups is 1. The van der Waals surface area contributed by atoms with E-state index in [0.29, 0.717) is 36.3 Å². The molecule has 1 aliphatic carbocycles. The van der Waals surface area contributed by atoms with Gasteiger partial charge in [-0.15, -0.1) is 5.10 Å². The quantitative estimate of drug-likeness (QED) is 0.761. The van der Waals surface area contributed by atoms with Gasteiger partial charge in [-0.2, -0.15) is 0 Å². The molecule has 0 aromatic carbocycles. The van der Waals surface area contributed by atoms with Gasteiger partial charge in [0.2, 0.25) is 0 Å². The number of ether oxygens (including phenoxy) is 1. The van der Waals surface area contributed by atoms with Crippen LogP contribution in [0.5, 0.6) is 0 Å². The first kappa shape index (κ1) is 16.3.